The Morgan fingerprint density at radius 1 is 0.609 bits per heavy atom. The first-order valence-corrected chi connectivity index (χ1v) is 23.2. The van der Waals surface area contributed by atoms with E-state index in [0.29, 0.717) is 56.8 Å². The molecule has 12 heteroatoms. The van der Waals surface area contributed by atoms with E-state index in [9.17, 15) is 29.6 Å². The van der Waals surface area contributed by atoms with Crippen molar-refractivity contribution in [3.05, 3.63) is 24.3 Å². The highest BCUT2D eigenvalue weighted by Gasteiger charge is 2.48. The van der Waals surface area contributed by atoms with Gasteiger partial charge in [-0.25, -0.2) is 9.59 Å². The molecule has 2 aliphatic heterocycles. The Bertz CT molecular complexity index is 1490. The van der Waals surface area contributed by atoms with Crippen LogP contribution >= 0.6 is 0 Å². The number of hydrogen-bond acceptors (Lipinski definition) is 10. The van der Waals surface area contributed by atoms with Crippen LogP contribution in [0.5, 0.6) is 0 Å². The zero-order valence-corrected chi connectivity index (χ0v) is 42.9. The van der Waals surface area contributed by atoms with Crippen LogP contribution in [-0.2, 0) is 19.1 Å². The summed E-state index contributed by atoms with van der Waals surface area (Å²) >= 11 is 0. The molecule has 2 fully saturated rings. The number of piperidine rings is 2. The fraction of sp³-hybridized carbons (Fsp3) is 0.846. The van der Waals surface area contributed by atoms with Crippen LogP contribution in [0.15, 0.2) is 24.3 Å². The van der Waals surface area contributed by atoms with E-state index in [1.807, 2.05) is 121 Å². The van der Waals surface area contributed by atoms with Crippen molar-refractivity contribution < 1.29 is 39.1 Å². The summed E-state index contributed by atoms with van der Waals surface area (Å²) in [6.45, 7) is 39.5. The second-order valence-electron chi connectivity index (χ2n) is 24.3. The molecule has 2 heterocycles. The van der Waals surface area contributed by atoms with Crippen LogP contribution in [0.3, 0.4) is 0 Å². The van der Waals surface area contributed by atoms with E-state index in [2.05, 4.69) is 52.2 Å². The Morgan fingerprint density at radius 2 is 0.938 bits per heavy atom. The lowest BCUT2D eigenvalue weighted by Gasteiger charge is -2.51. The van der Waals surface area contributed by atoms with Crippen molar-refractivity contribution >= 4 is 23.8 Å². The second kappa shape index (κ2) is 24.8. The minimum atomic E-state index is -0.548. The van der Waals surface area contributed by atoms with Gasteiger partial charge in [0.15, 0.2) is 0 Å². The van der Waals surface area contributed by atoms with E-state index < -0.39 is 45.5 Å². The summed E-state index contributed by atoms with van der Waals surface area (Å²) < 4.78 is 10.8. The molecule has 4 N–H and O–H groups in total. The van der Waals surface area contributed by atoms with Gasteiger partial charge in [0, 0.05) is 46.8 Å². The third-order valence-electron chi connectivity index (χ3n) is 11.4. The summed E-state index contributed by atoms with van der Waals surface area (Å²) in [5, 5.41) is 29.6. The molecular formula is C52H100N4O8. The quantitative estimate of drug-likeness (QED) is 0.110. The summed E-state index contributed by atoms with van der Waals surface area (Å²) in [6.07, 6.45) is 12.9. The third-order valence-corrected chi connectivity index (χ3v) is 11.4. The van der Waals surface area contributed by atoms with Crippen LogP contribution in [0, 0.1) is 29.1 Å². The highest BCUT2D eigenvalue weighted by Crippen LogP contribution is 2.42. The van der Waals surface area contributed by atoms with Gasteiger partial charge >= 0.3 is 12.2 Å². The van der Waals surface area contributed by atoms with Crippen molar-refractivity contribution in [2.45, 2.75) is 257 Å². The predicted octanol–water partition coefficient (Wildman–Crippen LogP) is 12.9. The summed E-state index contributed by atoms with van der Waals surface area (Å²) in [6, 6.07) is -0.278. The SMILES string of the molecule is C.C.CC(C)C[C@@H](/C=C/C(C)(C)CC(=O)C1CC(C)(C)N(O)C(C)(C)C1)NC(=O)OC(C)(C)C.CC(C)C[C@@H](/C=C/CCC(=O)C1CC(C)(C)N(O)C(C)(C)C1)NC(=O)OC(C)(C)C. The molecule has 0 spiro atoms. The number of rotatable bonds is 16. The van der Waals surface area contributed by atoms with Gasteiger partial charge < -0.3 is 30.5 Å². The molecule has 0 radical (unpaired) electrons. The largest absolute Gasteiger partial charge is 0.444 e. The Balaban J connectivity index is 0. The highest BCUT2D eigenvalue weighted by molar-refractivity contribution is 5.82. The summed E-state index contributed by atoms with van der Waals surface area (Å²) in [7, 11) is 0. The van der Waals surface area contributed by atoms with E-state index >= 15 is 0 Å². The van der Waals surface area contributed by atoms with Crippen molar-refractivity contribution in [1.82, 2.24) is 20.8 Å². The van der Waals surface area contributed by atoms with Crippen LogP contribution in [0.1, 0.15) is 211 Å². The smallest absolute Gasteiger partial charge is 0.408 e. The summed E-state index contributed by atoms with van der Waals surface area (Å²) in [4.78, 5) is 50.4. The molecule has 0 aromatic rings. The molecule has 64 heavy (non-hydrogen) atoms. The maximum atomic E-state index is 13.2. The Hall–Kier alpha value is -2.80. The third kappa shape index (κ3) is 23.1. The molecule has 0 aromatic heterocycles. The van der Waals surface area contributed by atoms with Crippen molar-refractivity contribution in [2.75, 3.05) is 0 Å². The lowest BCUT2D eigenvalue weighted by atomic mass is 9.71. The van der Waals surface area contributed by atoms with E-state index in [4.69, 9.17) is 9.47 Å². The van der Waals surface area contributed by atoms with E-state index in [1.54, 1.807) is 0 Å². The van der Waals surface area contributed by atoms with Gasteiger partial charge in [-0.3, -0.25) is 9.59 Å². The Morgan fingerprint density at radius 3 is 1.27 bits per heavy atom. The van der Waals surface area contributed by atoms with E-state index in [0.717, 1.165) is 12.8 Å². The van der Waals surface area contributed by atoms with Gasteiger partial charge in [0.25, 0.3) is 0 Å². The standard InChI is InChI=1S/C26H48N2O4.C24H44N2O4.2CH4/c1-18(2)14-20(27-22(30)32-23(3,4)5)12-13-24(6,7)17-21(29)19-15-25(8,9)28(31)26(10,11)16-19;1-17(2)14-19(25-21(28)30-22(3,4)5)12-10-11-13-20(27)18-15-23(6,7)26(29)24(8,9)16-18;;/h12-13,18-20,31H,14-17H2,1-11H3,(H,27,30);10,12,17-19,29H,11,13-16H2,1-9H3,(H,25,28);2*1H4/b13-12+;12-10+;;/t20-;19-;;/m11../s1. The molecule has 0 unspecified atom stereocenters. The predicted molar refractivity (Wildman–Crippen MR) is 264 cm³/mol. The van der Waals surface area contributed by atoms with Crippen LogP contribution in [0.4, 0.5) is 9.59 Å². The minimum Gasteiger partial charge on any atom is -0.444 e. The first-order chi connectivity index (χ1) is 27.8. The Labute approximate surface area is 392 Å². The molecule has 2 saturated heterocycles. The molecule has 12 nitrogen and oxygen atoms in total. The number of ketones is 2. The fourth-order valence-corrected chi connectivity index (χ4v) is 9.02. The van der Waals surface area contributed by atoms with Crippen LogP contribution in [-0.4, -0.2) is 89.7 Å². The molecule has 376 valence electrons. The number of carbonyl (C=O) groups excluding carboxylic acids is 4. The van der Waals surface area contributed by atoms with E-state index in [-0.39, 0.29) is 55.8 Å². The van der Waals surface area contributed by atoms with Crippen molar-refractivity contribution in [3.63, 3.8) is 0 Å². The molecule has 0 aliphatic carbocycles. The molecular weight excluding hydrogens is 809 g/mol. The molecule has 2 amide bonds. The molecule has 2 rings (SSSR count). The van der Waals surface area contributed by atoms with Gasteiger partial charge in [0.2, 0.25) is 0 Å². The molecule has 0 saturated carbocycles. The number of alkyl carbamates (subject to hydrolysis) is 2. The number of Topliss-reactive ketones (excluding diaryl/α,β-unsaturated/α-hetero) is 2. The van der Waals surface area contributed by atoms with Gasteiger partial charge in [0.1, 0.15) is 22.8 Å². The number of amides is 2. The number of ether oxygens (including phenoxy) is 2. The molecule has 0 bridgehead atoms. The monoisotopic (exact) mass is 909 g/mol. The fourth-order valence-electron chi connectivity index (χ4n) is 9.02. The minimum absolute atomic E-state index is 0. The second-order valence-corrected chi connectivity index (χ2v) is 24.3. The maximum absolute atomic E-state index is 13.2. The zero-order chi connectivity index (χ0) is 48.4. The van der Waals surface area contributed by atoms with Gasteiger partial charge in [-0.2, -0.15) is 10.1 Å². The maximum Gasteiger partial charge on any atom is 0.408 e. The van der Waals surface area contributed by atoms with Crippen molar-refractivity contribution in [3.8, 4) is 0 Å². The molecule has 2 atom stereocenters. The summed E-state index contributed by atoms with van der Waals surface area (Å²) in [5.41, 5.74) is -3.15. The number of carbonyl (C=O) groups is 4. The van der Waals surface area contributed by atoms with Crippen LogP contribution in [0.2, 0.25) is 0 Å². The lowest BCUT2D eigenvalue weighted by Crippen LogP contribution is -2.60. The number of hydrogen-bond donors (Lipinski definition) is 4. The van der Waals surface area contributed by atoms with E-state index in [1.165, 1.54) is 10.1 Å². The van der Waals surface area contributed by atoms with Crippen molar-refractivity contribution in [1.29, 1.82) is 0 Å². The van der Waals surface area contributed by atoms with Gasteiger partial charge in [-0.1, -0.05) is 80.7 Å². The average Bonchev–Trinajstić information content (AvgIpc) is 3.04. The molecule has 2 aliphatic rings. The first kappa shape index (κ1) is 63.3. The zero-order valence-electron chi connectivity index (χ0n) is 42.9. The van der Waals surface area contributed by atoms with Crippen LogP contribution in [0.25, 0.3) is 0 Å². The highest BCUT2D eigenvalue weighted by atomic mass is 16.6. The number of allylic oxidation sites excluding steroid dienone is 2. The average molecular weight is 909 g/mol. The number of nitrogens with one attached hydrogen (secondary N) is 2. The summed E-state index contributed by atoms with van der Waals surface area (Å²) in [5.74, 6) is 1.17. The van der Waals surface area contributed by atoms with Gasteiger partial charge in [-0.05, 0) is 159 Å². The first-order valence-electron chi connectivity index (χ1n) is 23.2. The number of nitrogens with zero attached hydrogens (tertiary/aromatic N) is 2. The van der Waals surface area contributed by atoms with Gasteiger partial charge in [-0.15, -0.1) is 0 Å². The Kier molecular flexibility index (Phi) is 24.5. The topological polar surface area (TPSA) is 158 Å². The normalized spacial score (nSPS) is 20.4. The van der Waals surface area contributed by atoms with Crippen LogP contribution < -0.4 is 10.6 Å². The lowest BCUT2D eigenvalue weighted by molar-refractivity contribution is -0.249. The molecule has 0 aromatic carbocycles. The van der Waals surface area contributed by atoms with Gasteiger partial charge in [0.05, 0.1) is 12.1 Å². The van der Waals surface area contributed by atoms with Crippen molar-refractivity contribution in [2.24, 2.45) is 29.1 Å². The number of hydroxylamine groups is 4.